The van der Waals surface area contributed by atoms with Gasteiger partial charge >= 0.3 is 0 Å². The molecule has 2 heterocycles. The van der Waals surface area contributed by atoms with E-state index in [1.165, 1.54) is 18.4 Å². The monoisotopic (exact) mass is 403 g/mol. The van der Waals surface area contributed by atoms with Crippen LogP contribution in [0.15, 0.2) is 42.7 Å². The van der Waals surface area contributed by atoms with Crippen molar-refractivity contribution >= 4 is 11.8 Å². The molecule has 0 amide bonds. The molecule has 1 aliphatic carbocycles. The van der Waals surface area contributed by atoms with Crippen molar-refractivity contribution in [3.05, 3.63) is 59.4 Å². The number of pyridine rings is 1. The zero-order chi connectivity index (χ0) is 19.7. The molecule has 1 aromatic carbocycles. The zero-order valence-electron chi connectivity index (χ0n) is 15.4. The third kappa shape index (κ3) is 4.18. The number of aromatic nitrogens is 1. The van der Waals surface area contributed by atoms with Gasteiger partial charge in [-0.15, -0.1) is 11.8 Å². The van der Waals surface area contributed by atoms with Crippen LogP contribution in [0.25, 0.3) is 0 Å². The molecule has 0 bridgehead atoms. The third-order valence-corrected chi connectivity index (χ3v) is 6.81. The molecule has 150 valence electrons. The molecule has 2 fully saturated rings. The predicted molar refractivity (Wildman–Crippen MR) is 106 cm³/mol. The minimum absolute atomic E-state index is 0.317. The second kappa shape index (κ2) is 8.39. The van der Waals surface area contributed by atoms with Gasteiger partial charge in [0, 0.05) is 18.2 Å². The number of nitrogens with zero attached hydrogens (tertiary/aromatic N) is 1. The van der Waals surface area contributed by atoms with E-state index in [1.54, 1.807) is 12.4 Å². The van der Waals surface area contributed by atoms with Gasteiger partial charge in [-0.05, 0) is 36.0 Å². The van der Waals surface area contributed by atoms with Gasteiger partial charge in [0.15, 0.2) is 5.44 Å². The molecule has 0 radical (unpaired) electrons. The van der Waals surface area contributed by atoms with Crippen molar-refractivity contribution in [2.75, 3.05) is 6.61 Å². The van der Waals surface area contributed by atoms with E-state index < -0.39 is 29.0 Å². The quantitative estimate of drug-likeness (QED) is 0.579. The summed E-state index contributed by atoms with van der Waals surface area (Å²) in [5, 5.41) is 39.1. The number of hydrogen-bond donors (Lipinski definition) is 4. The van der Waals surface area contributed by atoms with Crippen LogP contribution in [-0.2, 0) is 6.42 Å². The van der Waals surface area contributed by atoms with Crippen LogP contribution in [0.2, 0.25) is 0 Å². The normalized spacial score (nSPS) is 30.2. The first-order valence-corrected chi connectivity index (χ1v) is 10.5. The van der Waals surface area contributed by atoms with E-state index in [9.17, 15) is 20.4 Å². The lowest BCUT2D eigenvalue weighted by Crippen LogP contribution is -2.55. The Morgan fingerprint density at radius 1 is 1.00 bits per heavy atom. The van der Waals surface area contributed by atoms with Gasteiger partial charge in [-0.3, -0.25) is 4.98 Å². The highest BCUT2D eigenvalue weighted by molar-refractivity contribution is 8.00. The maximum absolute atomic E-state index is 10.3. The summed E-state index contributed by atoms with van der Waals surface area (Å²) in [4.78, 5) is 4.12. The van der Waals surface area contributed by atoms with E-state index in [-0.39, 0.29) is 6.61 Å². The fraction of sp³-hybridized carbons (Fsp3) is 0.476. The summed E-state index contributed by atoms with van der Waals surface area (Å²) in [7, 11) is 0. The van der Waals surface area contributed by atoms with Gasteiger partial charge in [0.2, 0.25) is 0 Å². The number of ether oxygens (including phenoxy) is 1. The minimum atomic E-state index is -1.38. The van der Waals surface area contributed by atoms with Gasteiger partial charge in [-0.1, -0.05) is 24.3 Å². The largest absolute Gasteiger partial charge is 0.475 e. The molecule has 2 aliphatic rings. The lowest BCUT2D eigenvalue weighted by molar-refractivity contribution is -0.0910. The molecule has 28 heavy (non-hydrogen) atoms. The van der Waals surface area contributed by atoms with Crippen LogP contribution < -0.4 is 4.74 Å². The average Bonchev–Trinajstić information content (AvgIpc) is 3.56. The highest BCUT2D eigenvalue weighted by atomic mass is 32.2. The Kier molecular flexibility index (Phi) is 5.89. The van der Waals surface area contributed by atoms with Gasteiger partial charge < -0.3 is 25.2 Å². The van der Waals surface area contributed by atoms with E-state index in [0.29, 0.717) is 12.2 Å². The van der Waals surface area contributed by atoms with Crippen LogP contribution in [0.3, 0.4) is 0 Å². The summed E-state index contributed by atoms with van der Waals surface area (Å²) in [5.41, 5.74) is 2.65. The van der Waals surface area contributed by atoms with E-state index in [4.69, 9.17) is 4.74 Å². The van der Waals surface area contributed by atoms with Crippen LogP contribution in [0.4, 0.5) is 0 Å². The van der Waals surface area contributed by atoms with Crippen molar-refractivity contribution in [2.24, 2.45) is 0 Å². The van der Waals surface area contributed by atoms with Gasteiger partial charge in [0.1, 0.15) is 18.0 Å². The first kappa shape index (κ1) is 19.7. The molecule has 5 unspecified atom stereocenters. The Bertz CT molecular complexity index is 796. The molecule has 2 aromatic rings. The Morgan fingerprint density at radius 3 is 2.43 bits per heavy atom. The van der Waals surface area contributed by atoms with E-state index in [0.717, 1.165) is 28.8 Å². The Morgan fingerprint density at radius 2 is 1.75 bits per heavy atom. The Balaban J connectivity index is 1.49. The van der Waals surface area contributed by atoms with Crippen LogP contribution >= 0.6 is 11.8 Å². The topological polar surface area (TPSA) is 103 Å². The van der Waals surface area contributed by atoms with Gasteiger partial charge in [-0.2, -0.15) is 0 Å². The number of rotatable bonds is 6. The predicted octanol–water partition coefficient (Wildman–Crippen LogP) is 1.45. The molecule has 1 aromatic heterocycles. The maximum Gasteiger partial charge on any atom is 0.173 e. The molecule has 5 atom stereocenters. The first-order chi connectivity index (χ1) is 13.6. The van der Waals surface area contributed by atoms with Crippen molar-refractivity contribution in [3.8, 4) is 5.75 Å². The molecule has 4 rings (SSSR count). The van der Waals surface area contributed by atoms with Gasteiger partial charge in [0.25, 0.3) is 0 Å². The van der Waals surface area contributed by atoms with E-state index in [2.05, 4.69) is 29.2 Å². The van der Waals surface area contributed by atoms with Crippen LogP contribution in [0.5, 0.6) is 5.75 Å². The molecule has 1 saturated heterocycles. The van der Waals surface area contributed by atoms with E-state index in [1.807, 2.05) is 6.07 Å². The fourth-order valence-corrected chi connectivity index (χ4v) is 4.73. The minimum Gasteiger partial charge on any atom is -0.475 e. The van der Waals surface area contributed by atoms with Crippen molar-refractivity contribution in [1.82, 2.24) is 4.98 Å². The maximum atomic E-state index is 10.3. The van der Waals surface area contributed by atoms with Crippen molar-refractivity contribution in [2.45, 2.75) is 54.2 Å². The number of aliphatic hydroxyl groups excluding tert-OH is 4. The van der Waals surface area contributed by atoms with Crippen molar-refractivity contribution < 1.29 is 25.2 Å². The number of thioether (sulfide) groups is 1. The van der Waals surface area contributed by atoms with Gasteiger partial charge in [0.05, 0.1) is 24.2 Å². The summed E-state index contributed by atoms with van der Waals surface area (Å²) in [6, 6.07) is 10.5. The summed E-state index contributed by atoms with van der Waals surface area (Å²) >= 11 is 1.11. The summed E-state index contributed by atoms with van der Waals surface area (Å²) in [6.07, 6.45) is 2.64. The van der Waals surface area contributed by atoms with Crippen molar-refractivity contribution in [3.63, 3.8) is 0 Å². The molecule has 1 saturated carbocycles. The number of aliphatic hydroxyl groups is 4. The molecule has 6 nitrogen and oxygen atoms in total. The second-order valence-corrected chi connectivity index (χ2v) is 8.83. The summed E-state index contributed by atoms with van der Waals surface area (Å²) in [6.45, 7) is -0.317. The smallest absolute Gasteiger partial charge is 0.173 e. The molecule has 7 heteroatoms. The molecular weight excluding hydrogens is 378 g/mol. The lowest BCUT2D eigenvalue weighted by Gasteiger charge is -2.39. The lowest BCUT2D eigenvalue weighted by atomic mass is 10.0. The number of hydrogen-bond acceptors (Lipinski definition) is 7. The summed E-state index contributed by atoms with van der Waals surface area (Å²) < 4.78 is 5.96. The third-order valence-electron chi connectivity index (χ3n) is 5.38. The van der Waals surface area contributed by atoms with Crippen LogP contribution in [-0.4, -0.2) is 61.0 Å². The Labute approximate surface area is 168 Å². The molecule has 1 aliphatic heterocycles. The Hall–Kier alpha value is -1.64. The standard InChI is InChI=1S/C21H25NO5S/c23-11-17-18(24)19(25)20(26)21(28-17)27-16-10-22-8-7-15(16)9-12-1-3-13(4-2-12)14-5-6-14/h1-4,7-8,10,14,17-21,23-26H,5-6,9,11H2. The fourth-order valence-electron chi connectivity index (χ4n) is 3.50. The first-order valence-electron chi connectivity index (χ1n) is 9.55. The molecule has 0 spiro atoms. The van der Waals surface area contributed by atoms with Gasteiger partial charge in [-0.25, -0.2) is 0 Å². The second-order valence-electron chi connectivity index (χ2n) is 7.49. The SMILES string of the molecule is OCC1SC(Oc2cnccc2Cc2ccc(C3CC3)cc2)C(O)C(O)C1O. The summed E-state index contributed by atoms with van der Waals surface area (Å²) in [5.74, 6) is 1.24. The zero-order valence-corrected chi connectivity index (χ0v) is 16.2. The van der Waals surface area contributed by atoms with E-state index >= 15 is 0 Å². The highest BCUT2D eigenvalue weighted by Crippen LogP contribution is 2.40. The van der Waals surface area contributed by atoms with Crippen LogP contribution in [0.1, 0.15) is 35.4 Å². The molecule has 4 N–H and O–H groups in total. The van der Waals surface area contributed by atoms with Crippen molar-refractivity contribution in [1.29, 1.82) is 0 Å². The molecular formula is C21H25NO5S. The average molecular weight is 404 g/mol. The number of benzene rings is 1. The van der Waals surface area contributed by atoms with Crippen LogP contribution in [0, 0.1) is 0 Å². The highest BCUT2D eigenvalue weighted by Gasteiger charge is 2.44.